The topological polar surface area (TPSA) is 73.3 Å². The molecule has 1 aliphatic rings. The molecule has 1 rings (SSSR count). The van der Waals surface area contributed by atoms with Crippen molar-refractivity contribution in [1.29, 1.82) is 0 Å². The Morgan fingerprint density at radius 2 is 2.05 bits per heavy atom. The Labute approximate surface area is 126 Å². The Morgan fingerprint density at radius 1 is 1.43 bits per heavy atom. The number of hydrogen-bond acceptors (Lipinski definition) is 4. The zero-order chi connectivity index (χ0) is 16.2. The SMILES string of the molecule is CCN(C(=O)N1CC(OC)CC1C(=O)O)C(C)CN(C)C. The molecule has 1 heterocycles. The van der Waals surface area contributed by atoms with E-state index < -0.39 is 12.0 Å². The number of methoxy groups -OCH3 is 1. The first kappa shape index (κ1) is 17.7. The molecule has 0 radical (unpaired) electrons. The number of carboxylic acids is 1. The molecule has 2 amide bonds. The first-order valence-electron chi connectivity index (χ1n) is 7.29. The first-order chi connectivity index (χ1) is 9.81. The minimum Gasteiger partial charge on any atom is -0.480 e. The van der Waals surface area contributed by atoms with Crippen molar-refractivity contribution >= 4 is 12.0 Å². The van der Waals surface area contributed by atoms with Gasteiger partial charge in [0.2, 0.25) is 0 Å². The van der Waals surface area contributed by atoms with Crippen LogP contribution in [0.3, 0.4) is 0 Å². The van der Waals surface area contributed by atoms with Crippen LogP contribution < -0.4 is 0 Å². The molecule has 0 bridgehead atoms. The number of amides is 2. The number of urea groups is 1. The Kier molecular flexibility index (Phi) is 6.42. The van der Waals surface area contributed by atoms with Crippen LogP contribution in [0.2, 0.25) is 0 Å². The highest BCUT2D eigenvalue weighted by atomic mass is 16.5. The molecule has 0 saturated carbocycles. The van der Waals surface area contributed by atoms with E-state index in [0.717, 1.165) is 6.54 Å². The third-order valence-electron chi connectivity index (χ3n) is 3.87. The number of nitrogens with zero attached hydrogens (tertiary/aromatic N) is 3. The third kappa shape index (κ3) is 4.31. The highest BCUT2D eigenvalue weighted by molar-refractivity contribution is 5.83. The van der Waals surface area contributed by atoms with Crippen LogP contribution >= 0.6 is 0 Å². The van der Waals surface area contributed by atoms with Gasteiger partial charge in [0.1, 0.15) is 6.04 Å². The molecule has 1 saturated heterocycles. The number of aliphatic carboxylic acids is 1. The van der Waals surface area contributed by atoms with E-state index >= 15 is 0 Å². The Bertz CT molecular complexity index is 375. The summed E-state index contributed by atoms with van der Waals surface area (Å²) in [4.78, 5) is 29.2. The number of likely N-dealkylation sites (tertiary alicyclic amines) is 1. The molecule has 0 aliphatic carbocycles. The molecule has 7 nitrogen and oxygen atoms in total. The minimum absolute atomic E-state index is 0.0218. The molecule has 0 aromatic carbocycles. The van der Waals surface area contributed by atoms with Crippen LogP contribution in [0.15, 0.2) is 0 Å². The molecule has 0 aromatic heterocycles. The van der Waals surface area contributed by atoms with Crippen LogP contribution in [0.4, 0.5) is 4.79 Å². The number of carbonyl (C=O) groups is 2. The predicted molar refractivity (Wildman–Crippen MR) is 79.3 cm³/mol. The molecule has 1 N–H and O–H groups in total. The van der Waals surface area contributed by atoms with Crippen molar-refractivity contribution in [3.05, 3.63) is 0 Å². The highest BCUT2D eigenvalue weighted by Crippen LogP contribution is 2.22. The maximum absolute atomic E-state index is 12.7. The Morgan fingerprint density at radius 3 is 2.48 bits per heavy atom. The van der Waals surface area contributed by atoms with Crippen molar-refractivity contribution in [1.82, 2.24) is 14.7 Å². The lowest BCUT2D eigenvalue weighted by molar-refractivity contribution is -0.141. The van der Waals surface area contributed by atoms with Gasteiger partial charge in [-0.25, -0.2) is 9.59 Å². The number of ether oxygens (including phenoxy) is 1. The molecule has 3 atom stereocenters. The molecule has 0 aromatic rings. The molecule has 21 heavy (non-hydrogen) atoms. The summed E-state index contributed by atoms with van der Waals surface area (Å²) in [6.07, 6.45) is 0.134. The zero-order valence-corrected chi connectivity index (χ0v) is 13.6. The molecule has 3 unspecified atom stereocenters. The van der Waals surface area contributed by atoms with Crippen LogP contribution in [0.5, 0.6) is 0 Å². The van der Waals surface area contributed by atoms with Gasteiger partial charge in [0, 0.05) is 39.2 Å². The van der Waals surface area contributed by atoms with E-state index in [1.165, 1.54) is 4.90 Å². The molecule has 7 heteroatoms. The highest BCUT2D eigenvalue weighted by Gasteiger charge is 2.41. The number of hydrogen-bond donors (Lipinski definition) is 1. The summed E-state index contributed by atoms with van der Waals surface area (Å²) in [6.45, 7) is 5.50. The predicted octanol–water partition coefficient (Wildman–Crippen LogP) is 0.552. The average Bonchev–Trinajstić information content (AvgIpc) is 2.82. The fourth-order valence-electron chi connectivity index (χ4n) is 2.84. The van der Waals surface area contributed by atoms with Gasteiger partial charge in [-0.1, -0.05) is 0 Å². The lowest BCUT2D eigenvalue weighted by Gasteiger charge is -2.34. The normalized spacial score (nSPS) is 23.4. The average molecular weight is 301 g/mol. The van der Waals surface area contributed by atoms with E-state index in [0.29, 0.717) is 19.5 Å². The Hall–Kier alpha value is -1.34. The number of carboxylic acid groups (broad SMARTS) is 1. The van der Waals surface area contributed by atoms with E-state index in [-0.39, 0.29) is 18.2 Å². The summed E-state index contributed by atoms with van der Waals surface area (Å²) in [5, 5.41) is 9.31. The van der Waals surface area contributed by atoms with Gasteiger partial charge >= 0.3 is 12.0 Å². The smallest absolute Gasteiger partial charge is 0.326 e. The van der Waals surface area contributed by atoms with Gasteiger partial charge in [0.25, 0.3) is 0 Å². The van der Waals surface area contributed by atoms with E-state index in [9.17, 15) is 14.7 Å². The molecule has 1 aliphatic heterocycles. The van der Waals surface area contributed by atoms with Gasteiger partial charge in [-0.2, -0.15) is 0 Å². The molecule has 122 valence electrons. The van der Waals surface area contributed by atoms with Gasteiger partial charge in [-0.05, 0) is 27.9 Å². The van der Waals surface area contributed by atoms with Crippen molar-refractivity contribution in [2.75, 3.05) is 40.8 Å². The largest absolute Gasteiger partial charge is 0.480 e. The van der Waals surface area contributed by atoms with Crippen LogP contribution in [0.1, 0.15) is 20.3 Å². The second-order valence-electron chi connectivity index (χ2n) is 5.78. The quantitative estimate of drug-likeness (QED) is 0.776. The van der Waals surface area contributed by atoms with E-state index in [2.05, 4.69) is 0 Å². The molecule has 0 spiro atoms. The zero-order valence-electron chi connectivity index (χ0n) is 13.6. The Balaban J connectivity index is 2.84. The summed E-state index contributed by atoms with van der Waals surface area (Å²) in [6, 6.07) is -1.00. The lowest BCUT2D eigenvalue weighted by Crippen LogP contribution is -2.52. The van der Waals surface area contributed by atoms with Crippen molar-refractivity contribution < 1.29 is 19.4 Å². The number of rotatable bonds is 6. The maximum atomic E-state index is 12.7. The summed E-state index contributed by atoms with van der Waals surface area (Å²) in [5.74, 6) is -0.973. The van der Waals surface area contributed by atoms with Gasteiger partial charge in [0.15, 0.2) is 0 Å². The maximum Gasteiger partial charge on any atom is 0.326 e. The summed E-state index contributed by atoms with van der Waals surface area (Å²) in [7, 11) is 5.45. The number of carbonyl (C=O) groups excluding carboxylic acids is 1. The van der Waals surface area contributed by atoms with Crippen molar-refractivity contribution in [3.63, 3.8) is 0 Å². The van der Waals surface area contributed by atoms with Gasteiger partial charge in [-0.3, -0.25) is 0 Å². The second-order valence-corrected chi connectivity index (χ2v) is 5.78. The summed E-state index contributed by atoms with van der Waals surface area (Å²) in [5.41, 5.74) is 0. The first-order valence-corrected chi connectivity index (χ1v) is 7.29. The van der Waals surface area contributed by atoms with Gasteiger partial charge < -0.3 is 24.5 Å². The van der Waals surface area contributed by atoms with Gasteiger partial charge in [0.05, 0.1) is 6.10 Å². The van der Waals surface area contributed by atoms with Crippen LogP contribution in [-0.2, 0) is 9.53 Å². The van der Waals surface area contributed by atoms with Gasteiger partial charge in [-0.15, -0.1) is 0 Å². The molecular weight excluding hydrogens is 274 g/mol. The lowest BCUT2D eigenvalue weighted by atomic mass is 10.2. The fourth-order valence-corrected chi connectivity index (χ4v) is 2.84. The standard InChI is InChI=1S/C14H27N3O4/c1-6-16(10(2)8-15(3)4)14(20)17-9-11(21-5)7-12(17)13(18)19/h10-12H,6-9H2,1-5H3,(H,18,19). The minimum atomic E-state index is -0.973. The summed E-state index contributed by atoms with van der Waals surface area (Å²) >= 11 is 0. The molecular formula is C14H27N3O4. The van der Waals surface area contributed by atoms with Crippen LogP contribution in [0, 0.1) is 0 Å². The van der Waals surface area contributed by atoms with Crippen molar-refractivity contribution in [3.8, 4) is 0 Å². The van der Waals surface area contributed by atoms with Crippen molar-refractivity contribution in [2.45, 2.75) is 38.5 Å². The van der Waals surface area contributed by atoms with E-state index in [4.69, 9.17) is 4.74 Å². The van der Waals surface area contributed by atoms with Crippen LogP contribution in [-0.4, -0.2) is 90.8 Å². The molecule has 1 fully saturated rings. The second kappa shape index (κ2) is 7.61. The fraction of sp³-hybridized carbons (Fsp3) is 0.857. The van der Waals surface area contributed by atoms with E-state index in [1.807, 2.05) is 32.8 Å². The van der Waals surface area contributed by atoms with Crippen molar-refractivity contribution in [2.24, 2.45) is 0 Å². The third-order valence-corrected chi connectivity index (χ3v) is 3.87. The number of likely N-dealkylation sites (N-methyl/N-ethyl adjacent to an activating group) is 2. The van der Waals surface area contributed by atoms with E-state index in [1.54, 1.807) is 12.0 Å². The van der Waals surface area contributed by atoms with Crippen LogP contribution in [0.25, 0.3) is 0 Å². The monoisotopic (exact) mass is 301 g/mol. The summed E-state index contributed by atoms with van der Waals surface area (Å²) < 4.78 is 5.23.